The number of rotatable bonds is 6. The molecular weight excluding hydrogens is 257 g/mol. The number of ether oxygens (including phenoxy) is 1. The normalized spacial score (nSPS) is 30.3. The Morgan fingerprint density at radius 1 is 1.26 bits per heavy atom. The quantitative estimate of drug-likeness (QED) is 0.447. The molecular formula is C13H25F3N2O. The molecule has 0 heterocycles. The molecule has 0 saturated heterocycles. The summed E-state index contributed by atoms with van der Waals surface area (Å²) in [4.78, 5) is 0. The maximum Gasteiger partial charge on any atom is 0.411 e. The zero-order valence-electron chi connectivity index (χ0n) is 11.7. The van der Waals surface area contributed by atoms with Crippen molar-refractivity contribution in [1.29, 1.82) is 0 Å². The van der Waals surface area contributed by atoms with Gasteiger partial charge in [0.25, 0.3) is 0 Å². The molecule has 0 aliphatic heterocycles. The van der Waals surface area contributed by atoms with E-state index in [1.165, 1.54) is 0 Å². The van der Waals surface area contributed by atoms with Gasteiger partial charge in [-0.1, -0.05) is 20.3 Å². The van der Waals surface area contributed by atoms with E-state index in [2.05, 4.69) is 24.0 Å². The van der Waals surface area contributed by atoms with E-state index in [9.17, 15) is 13.2 Å². The Bertz CT molecular complexity index is 261. The molecule has 1 aliphatic rings. The van der Waals surface area contributed by atoms with Crippen LogP contribution in [0.15, 0.2) is 0 Å². The minimum absolute atomic E-state index is 0.0446. The Balaban J connectivity index is 2.29. The Kier molecular flexibility index (Phi) is 6.56. The SMILES string of the molecule is CC1CCC(C(CCOCC(F)(F)F)NN)CC1C. The number of halogens is 3. The number of hydrazine groups is 1. The van der Waals surface area contributed by atoms with Gasteiger partial charge in [0.2, 0.25) is 0 Å². The summed E-state index contributed by atoms with van der Waals surface area (Å²) in [6.45, 7) is 3.39. The van der Waals surface area contributed by atoms with Gasteiger partial charge in [0, 0.05) is 12.6 Å². The first kappa shape index (κ1) is 16.7. The predicted molar refractivity (Wildman–Crippen MR) is 68.3 cm³/mol. The van der Waals surface area contributed by atoms with Crippen molar-refractivity contribution in [2.75, 3.05) is 13.2 Å². The Hall–Kier alpha value is -0.330. The topological polar surface area (TPSA) is 47.3 Å². The van der Waals surface area contributed by atoms with Crippen molar-refractivity contribution in [2.24, 2.45) is 23.6 Å². The highest BCUT2D eigenvalue weighted by Gasteiger charge is 2.30. The highest BCUT2D eigenvalue weighted by atomic mass is 19.4. The highest BCUT2D eigenvalue weighted by Crippen LogP contribution is 2.35. The third kappa shape index (κ3) is 6.10. The summed E-state index contributed by atoms with van der Waals surface area (Å²) in [5, 5.41) is 0. The molecule has 1 fully saturated rings. The van der Waals surface area contributed by atoms with E-state index < -0.39 is 12.8 Å². The summed E-state index contributed by atoms with van der Waals surface area (Å²) in [7, 11) is 0. The van der Waals surface area contributed by atoms with Gasteiger partial charge in [0.15, 0.2) is 0 Å². The van der Waals surface area contributed by atoms with E-state index >= 15 is 0 Å². The van der Waals surface area contributed by atoms with Crippen molar-refractivity contribution in [3.63, 3.8) is 0 Å². The highest BCUT2D eigenvalue weighted by molar-refractivity contribution is 4.82. The lowest BCUT2D eigenvalue weighted by molar-refractivity contribution is -0.174. The summed E-state index contributed by atoms with van der Waals surface area (Å²) < 4.78 is 40.5. The molecule has 1 saturated carbocycles. The molecule has 3 N–H and O–H groups in total. The minimum atomic E-state index is -4.25. The molecule has 114 valence electrons. The molecule has 0 amide bonds. The van der Waals surface area contributed by atoms with E-state index in [1.807, 2.05) is 0 Å². The third-order valence-corrected chi connectivity index (χ3v) is 4.26. The Morgan fingerprint density at radius 2 is 1.95 bits per heavy atom. The van der Waals surface area contributed by atoms with Crippen LogP contribution in [0.2, 0.25) is 0 Å². The largest absolute Gasteiger partial charge is 0.411 e. The van der Waals surface area contributed by atoms with E-state index in [4.69, 9.17) is 5.84 Å². The van der Waals surface area contributed by atoms with Crippen molar-refractivity contribution in [2.45, 2.75) is 51.7 Å². The number of nitrogens with one attached hydrogen (secondary N) is 1. The van der Waals surface area contributed by atoms with Crippen molar-refractivity contribution >= 4 is 0 Å². The lowest BCUT2D eigenvalue weighted by Crippen LogP contribution is -2.44. The zero-order valence-corrected chi connectivity index (χ0v) is 11.7. The summed E-state index contributed by atoms with van der Waals surface area (Å²) in [6.07, 6.45) is -0.402. The second kappa shape index (κ2) is 7.45. The molecule has 4 atom stereocenters. The molecule has 4 unspecified atom stereocenters. The van der Waals surface area contributed by atoms with Crippen LogP contribution >= 0.6 is 0 Å². The molecule has 0 aromatic carbocycles. The predicted octanol–water partition coefficient (Wildman–Crippen LogP) is 2.86. The van der Waals surface area contributed by atoms with Crippen LogP contribution in [0.3, 0.4) is 0 Å². The van der Waals surface area contributed by atoms with Gasteiger partial charge in [0.05, 0.1) is 0 Å². The van der Waals surface area contributed by atoms with Crippen LogP contribution in [-0.2, 0) is 4.74 Å². The van der Waals surface area contributed by atoms with E-state index in [1.54, 1.807) is 0 Å². The van der Waals surface area contributed by atoms with Crippen molar-refractivity contribution in [3.8, 4) is 0 Å². The average molecular weight is 282 g/mol. The molecule has 1 aliphatic carbocycles. The van der Waals surface area contributed by atoms with Crippen LogP contribution in [0.1, 0.15) is 39.5 Å². The van der Waals surface area contributed by atoms with Gasteiger partial charge in [-0.15, -0.1) is 0 Å². The van der Waals surface area contributed by atoms with Gasteiger partial charge < -0.3 is 4.74 Å². The summed E-state index contributed by atoms with van der Waals surface area (Å²) >= 11 is 0. The molecule has 0 aromatic rings. The van der Waals surface area contributed by atoms with Crippen LogP contribution < -0.4 is 11.3 Å². The van der Waals surface area contributed by atoms with Crippen molar-refractivity contribution < 1.29 is 17.9 Å². The fourth-order valence-corrected chi connectivity index (χ4v) is 2.81. The van der Waals surface area contributed by atoms with Crippen LogP contribution in [0.25, 0.3) is 0 Å². The van der Waals surface area contributed by atoms with Gasteiger partial charge in [-0.2, -0.15) is 13.2 Å². The fraction of sp³-hybridized carbons (Fsp3) is 1.00. The summed E-state index contributed by atoms with van der Waals surface area (Å²) in [5.41, 5.74) is 2.74. The maximum absolute atomic E-state index is 11.9. The summed E-state index contributed by atoms with van der Waals surface area (Å²) in [5.74, 6) is 7.32. The van der Waals surface area contributed by atoms with E-state index in [0.717, 1.165) is 25.2 Å². The molecule has 0 spiro atoms. The van der Waals surface area contributed by atoms with Crippen molar-refractivity contribution in [1.82, 2.24) is 5.43 Å². The molecule has 19 heavy (non-hydrogen) atoms. The molecule has 6 heteroatoms. The first-order chi connectivity index (χ1) is 8.83. The smallest absolute Gasteiger partial charge is 0.372 e. The first-order valence-electron chi connectivity index (χ1n) is 6.94. The minimum Gasteiger partial charge on any atom is -0.372 e. The van der Waals surface area contributed by atoms with Crippen LogP contribution in [-0.4, -0.2) is 25.4 Å². The fourth-order valence-electron chi connectivity index (χ4n) is 2.81. The molecule has 1 rings (SSSR count). The van der Waals surface area contributed by atoms with Gasteiger partial charge in [0.1, 0.15) is 6.61 Å². The second-order valence-corrected chi connectivity index (χ2v) is 5.76. The summed E-state index contributed by atoms with van der Waals surface area (Å²) in [6, 6.07) is 0.0446. The molecule has 3 nitrogen and oxygen atoms in total. The van der Waals surface area contributed by atoms with E-state index in [0.29, 0.717) is 18.3 Å². The monoisotopic (exact) mass is 282 g/mol. The van der Waals surface area contributed by atoms with Crippen LogP contribution in [0.5, 0.6) is 0 Å². The first-order valence-corrected chi connectivity index (χ1v) is 6.94. The standard InChI is InChI=1S/C13H25F3N2O/c1-9-3-4-11(7-10(9)2)12(18-17)5-6-19-8-13(14,15)16/h9-12,18H,3-8,17H2,1-2H3. The Labute approximate surface area is 113 Å². The molecule has 0 aromatic heterocycles. The zero-order chi connectivity index (χ0) is 14.5. The number of hydrogen-bond donors (Lipinski definition) is 2. The number of alkyl halides is 3. The van der Waals surface area contributed by atoms with Gasteiger partial charge in [-0.25, -0.2) is 0 Å². The van der Waals surface area contributed by atoms with E-state index in [-0.39, 0.29) is 12.6 Å². The second-order valence-electron chi connectivity index (χ2n) is 5.76. The van der Waals surface area contributed by atoms with Crippen LogP contribution in [0, 0.1) is 17.8 Å². The molecule has 0 radical (unpaired) electrons. The van der Waals surface area contributed by atoms with Gasteiger partial charge in [-0.3, -0.25) is 11.3 Å². The lowest BCUT2D eigenvalue weighted by Gasteiger charge is -2.36. The maximum atomic E-state index is 11.9. The average Bonchev–Trinajstić information content (AvgIpc) is 2.32. The van der Waals surface area contributed by atoms with Gasteiger partial charge in [-0.05, 0) is 37.0 Å². The van der Waals surface area contributed by atoms with Crippen molar-refractivity contribution in [3.05, 3.63) is 0 Å². The van der Waals surface area contributed by atoms with Gasteiger partial charge >= 0.3 is 6.18 Å². The molecule has 0 bridgehead atoms. The third-order valence-electron chi connectivity index (χ3n) is 4.26. The number of nitrogens with two attached hydrogens (primary N) is 1. The Morgan fingerprint density at radius 3 is 2.47 bits per heavy atom. The number of hydrogen-bond acceptors (Lipinski definition) is 3. The lowest BCUT2D eigenvalue weighted by atomic mass is 9.73. The van der Waals surface area contributed by atoms with Crippen LogP contribution in [0.4, 0.5) is 13.2 Å².